The van der Waals surface area contributed by atoms with Crippen LogP contribution in [0.3, 0.4) is 0 Å². The SMILES string of the molecule is Cc1cc(C(=O)CCC(=O)OCC(=O)NCCc2c[nH]c3ccccc23)c(C)s1. The van der Waals surface area contributed by atoms with Crippen LogP contribution in [0.15, 0.2) is 36.5 Å². The normalized spacial score (nSPS) is 10.8. The summed E-state index contributed by atoms with van der Waals surface area (Å²) in [5, 5.41) is 3.88. The first kappa shape index (κ1) is 20.8. The minimum absolute atomic E-state index is 0.0320. The van der Waals surface area contributed by atoms with Gasteiger partial charge < -0.3 is 15.0 Å². The van der Waals surface area contributed by atoms with E-state index in [4.69, 9.17) is 4.74 Å². The van der Waals surface area contributed by atoms with E-state index in [1.807, 2.05) is 50.4 Å². The predicted molar refractivity (Wildman–Crippen MR) is 113 cm³/mol. The minimum Gasteiger partial charge on any atom is -0.456 e. The summed E-state index contributed by atoms with van der Waals surface area (Å²) in [6.07, 6.45) is 2.66. The number of carbonyl (C=O) groups excluding carboxylic acids is 3. The monoisotopic (exact) mass is 412 g/mol. The van der Waals surface area contributed by atoms with Gasteiger partial charge in [0.25, 0.3) is 5.91 Å². The number of aromatic amines is 1. The van der Waals surface area contributed by atoms with Crippen LogP contribution < -0.4 is 5.32 Å². The Morgan fingerprint density at radius 2 is 1.93 bits per heavy atom. The number of hydrogen-bond donors (Lipinski definition) is 2. The third-order valence-corrected chi connectivity index (χ3v) is 5.62. The lowest BCUT2D eigenvalue weighted by Crippen LogP contribution is -2.30. The third-order valence-electron chi connectivity index (χ3n) is 4.65. The Morgan fingerprint density at radius 3 is 2.69 bits per heavy atom. The number of amides is 1. The van der Waals surface area contributed by atoms with Crippen LogP contribution in [0.1, 0.15) is 38.5 Å². The van der Waals surface area contributed by atoms with Crippen molar-refractivity contribution < 1.29 is 19.1 Å². The van der Waals surface area contributed by atoms with Gasteiger partial charge in [0.15, 0.2) is 12.4 Å². The minimum atomic E-state index is -0.547. The fourth-order valence-corrected chi connectivity index (χ4v) is 4.14. The van der Waals surface area contributed by atoms with Gasteiger partial charge in [-0.2, -0.15) is 0 Å². The fourth-order valence-electron chi connectivity index (χ4n) is 3.20. The molecule has 0 fully saturated rings. The highest BCUT2D eigenvalue weighted by atomic mass is 32.1. The number of fused-ring (bicyclic) bond motifs is 1. The average molecular weight is 413 g/mol. The Balaban J connectivity index is 1.35. The zero-order valence-corrected chi connectivity index (χ0v) is 17.4. The van der Waals surface area contributed by atoms with Crippen LogP contribution in [-0.2, 0) is 20.7 Å². The van der Waals surface area contributed by atoms with Gasteiger partial charge in [-0.25, -0.2) is 0 Å². The van der Waals surface area contributed by atoms with Crippen LogP contribution >= 0.6 is 11.3 Å². The molecule has 0 atom stereocenters. The molecule has 0 aliphatic heterocycles. The second kappa shape index (κ2) is 9.52. The molecule has 0 aliphatic carbocycles. The largest absolute Gasteiger partial charge is 0.456 e. The molecule has 2 aromatic heterocycles. The highest BCUT2D eigenvalue weighted by Gasteiger charge is 2.15. The molecule has 0 saturated heterocycles. The topological polar surface area (TPSA) is 88.3 Å². The number of ketones is 1. The first-order chi connectivity index (χ1) is 13.9. The number of nitrogens with one attached hydrogen (secondary N) is 2. The number of esters is 1. The van der Waals surface area contributed by atoms with Crippen LogP contribution in [0.5, 0.6) is 0 Å². The van der Waals surface area contributed by atoms with Crippen molar-refractivity contribution in [1.29, 1.82) is 0 Å². The molecule has 6 nitrogen and oxygen atoms in total. The van der Waals surface area contributed by atoms with Gasteiger partial charge in [-0.05, 0) is 38.0 Å². The van der Waals surface area contributed by atoms with E-state index in [-0.39, 0.29) is 31.1 Å². The summed E-state index contributed by atoms with van der Waals surface area (Å²) in [5.74, 6) is -0.976. The molecule has 152 valence electrons. The van der Waals surface area contributed by atoms with Crippen LogP contribution in [0.4, 0.5) is 0 Å². The molecule has 2 heterocycles. The highest BCUT2D eigenvalue weighted by molar-refractivity contribution is 7.12. The second-order valence-electron chi connectivity index (χ2n) is 6.87. The van der Waals surface area contributed by atoms with Gasteiger partial charge in [-0.1, -0.05) is 18.2 Å². The molecular weight excluding hydrogens is 388 g/mol. The molecule has 29 heavy (non-hydrogen) atoms. The molecule has 0 radical (unpaired) electrons. The number of carbonyl (C=O) groups is 3. The lowest BCUT2D eigenvalue weighted by molar-refractivity contribution is -0.148. The van der Waals surface area contributed by atoms with Crippen molar-refractivity contribution >= 4 is 39.9 Å². The lowest BCUT2D eigenvalue weighted by Gasteiger charge is -2.06. The van der Waals surface area contributed by atoms with Crippen molar-refractivity contribution in [3.05, 3.63) is 57.4 Å². The van der Waals surface area contributed by atoms with Gasteiger partial charge in [0.05, 0.1) is 6.42 Å². The van der Waals surface area contributed by atoms with Crippen molar-refractivity contribution in [3.63, 3.8) is 0 Å². The Kier molecular flexibility index (Phi) is 6.82. The molecule has 1 amide bonds. The third kappa shape index (κ3) is 5.54. The molecule has 7 heteroatoms. The maximum atomic E-state index is 12.2. The van der Waals surface area contributed by atoms with Gasteiger partial charge in [0.1, 0.15) is 0 Å². The average Bonchev–Trinajstić information content (AvgIpc) is 3.27. The zero-order valence-electron chi connectivity index (χ0n) is 16.5. The van der Waals surface area contributed by atoms with Gasteiger partial charge >= 0.3 is 5.97 Å². The Bertz CT molecular complexity index is 1030. The van der Waals surface area contributed by atoms with Crippen LogP contribution in [0.2, 0.25) is 0 Å². The second-order valence-corrected chi connectivity index (χ2v) is 8.33. The molecule has 1 aromatic carbocycles. The lowest BCUT2D eigenvalue weighted by atomic mass is 10.1. The number of thiophene rings is 1. The van der Waals surface area contributed by atoms with E-state index in [1.54, 1.807) is 11.3 Å². The van der Waals surface area contributed by atoms with E-state index in [0.29, 0.717) is 18.5 Å². The Hall–Kier alpha value is -2.93. The number of ether oxygens (including phenoxy) is 1. The summed E-state index contributed by atoms with van der Waals surface area (Å²) in [5.41, 5.74) is 2.84. The first-order valence-corrected chi connectivity index (χ1v) is 10.3. The summed E-state index contributed by atoms with van der Waals surface area (Å²) in [6.45, 7) is 3.95. The van der Waals surface area contributed by atoms with E-state index in [9.17, 15) is 14.4 Å². The van der Waals surface area contributed by atoms with Crippen molar-refractivity contribution in [1.82, 2.24) is 10.3 Å². The summed E-state index contributed by atoms with van der Waals surface area (Å²) in [6, 6.07) is 9.82. The van der Waals surface area contributed by atoms with E-state index in [1.165, 1.54) is 0 Å². The number of aryl methyl sites for hydroxylation is 2. The van der Waals surface area contributed by atoms with Gasteiger partial charge in [0.2, 0.25) is 0 Å². The summed E-state index contributed by atoms with van der Waals surface area (Å²) < 4.78 is 4.98. The first-order valence-electron chi connectivity index (χ1n) is 9.51. The van der Waals surface area contributed by atoms with Crippen LogP contribution in [-0.4, -0.2) is 35.8 Å². The number of aromatic nitrogens is 1. The summed E-state index contributed by atoms with van der Waals surface area (Å²) >= 11 is 1.56. The van der Waals surface area contributed by atoms with Crippen molar-refractivity contribution in [3.8, 4) is 0 Å². The van der Waals surface area contributed by atoms with E-state index >= 15 is 0 Å². The zero-order chi connectivity index (χ0) is 20.8. The van der Waals surface area contributed by atoms with Crippen LogP contribution in [0.25, 0.3) is 10.9 Å². The van der Waals surface area contributed by atoms with E-state index in [0.717, 1.165) is 26.2 Å². The molecule has 2 N–H and O–H groups in total. The standard InChI is InChI=1S/C22H24N2O4S/c1-14-11-18(15(2)29-14)20(25)7-8-22(27)28-13-21(26)23-10-9-16-12-24-19-6-4-3-5-17(16)19/h3-6,11-12,24H,7-10,13H2,1-2H3,(H,23,26). The molecule has 3 aromatic rings. The maximum absolute atomic E-state index is 12.2. The Labute approximate surface area is 173 Å². The summed E-state index contributed by atoms with van der Waals surface area (Å²) in [7, 11) is 0. The van der Waals surface area contributed by atoms with E-state index in [2.05, 4.69) is 10.3 Å². The molecule has 0 spiro atoms. The maximum Gasteiger partial charge on any atom is 0.306 e. The predicted octanol–water partition coefficient (Wildman–Crippen LogP) is 3.71. The van der Waals surface area contributed by atoms with Crippen molar-refractivity contribution in [2.24, 2.45) is 0 Å². The van der Waals surface area contributed by atoms with Crippen molar-refractivity contribution in [2.75, 3.05) is 13.2 Å². The Morgan fingerprint density at radius 1 is 1.14 bits per heavy atom. The highest BCUT2D eigenvalue weighted by Crippen LogP contribution is 2.22. The van der Waals surface area contributed by atoms with E-state index < -0.39 is 5.97 Å². The fraction of sp³-hybridized carbons (Fsp3) is 0.318. The number of benzene rings is 1. The number of para-hydroxylation sites is 1. The number of H-pyrrole nitrogens is 1. The summed E-state index contributed by atoms with van der Waals surface area (Å²) in [4.78, 5) is 41.1. The van der Waals surface area contributed by atoms with Gasteiger partial charge in [-0.15, -0.1) is 11.3 Å². The number of Topliss-reactive ketones (excluding diaryl/α,β-unsaturated/α-hetero) is 1. The molecule has 0 aliphatic rings. The molecule has 0 bridgehead atoms. The molecule has 3 rings (SSSR count). The molecule has 0 saturated carbocycles. The number of hydrogen-bond acceptors (Lipinski definition) is 5. The van der Waals surface area contributed by atoms with Gasteiger partial charge in [0, 0.05) is 45.4 Å². The van der Waals surface area contributed by atoms with Crippen molar-refractivity contribution in [2.45, 2.75) is 33.1 Å². The smallest absolute Gasteiger partial charge is 0.306 e. The number of rotatable bonds is 9. The van der Waals surface area contributed by atoms with Gasteiger partial charge in [-0.3, -0.25) is 14.4 Å². The van der Waals surface area contributed by atoms with Crippen LogP contribution in [0, 0.1) is 13.8 Å². The quantitative estimate of drug-likeness (QED) is 0.414. The molecule has 0 unspecified atom stereocenters. The molecular formula is C22H24N2O4S.